The number of rotatable bonds is 2. The van der Waals surface area contributed by atoms with Crippen LogP contribution in [0.1, 0.15) is 5.56 Å². The van der Waals surface area contributed by atoms with Gasteiger partial charge in [0.05, 0.1) is 12.8 Å². The van der Waals surface area contributed by atoms with Crippen molar-refractivity contribution in [2.75, 3.05) is 13.0 Å². The minimum absolute atomic E-state index is 0.566. The molecule has 0 aliphatic heterocycles. The molecule has 0 radical (unpaired) electrons. The average Bonchev–Trinajstić information content (AvgIpc) is 2.55. The maximum Gasteiger partial charge on any atom is 0.238 e. The van der Waals surface area contributed by atoms with Gasteiger partial charge in [-0.15, -0.1) is 5.10 Å². The second-order valence-electron chi connectivity index (χ2n) is 3.29. The Morgan fingerprint density at radius 2 is 1.93 bits per heavy atom. The van der Waals surface area contributed by atoms with Crippen LogP contribution in [0.15, 0.2) is 30.3 Å². The average molecular weight is 203 g/mol. The first-order valence-electron chi connectivity index (χ1n) is 4.68. The molecule has 2 rings (SSSR count). The first kappa shape index (κ1) is 9.58. The number of benzene rings is 1. The molecule has 0 atom stereocenters. The minimum atomic E-state index is 0.566. The van der Waals surface area contributed by atoms with Gasteiger partial charge in [-0.1, -0.05) is 30.3 Å². The Labute approximate surface area is 88.2 Å². The van der Waals surface area contributed by atoms with Crippen molar-refractivity contribution in [3.63, 3.8) is 0 Å². The Morgan fingerprint density at radius 1 is 1.27 bits per heavy atom. The molecule has 0 saturated heterocycles. The van der Waals surface area contributed by atoms with Crippen molar-refractivity contribution in [2.45, 2.75) is 6.92 Å². The lowest BCUT2D eigenvalue weighted by Crippen LogP contribution is -2.11. The molecule has 2 N–H and O–H groups in total. The summed E-state index contributed by atoms with van der Waals surface area (Å²) in [5, 5.41) is 4.08. The van der Waals surface area contributed by atoms with Crippen LogP contribution in [-0.2, 0) is 0 Å². The molecule has 2 aromatic rings. The lowest BCUT2D eigenvalue weighted by molar-refractivity contribution is 0.390. The molecule has 1 aromatic heterocycles. The van der Waals surface area contributed by atoms with E-state index in [1.54, 1.807) is 7.11 Å². The smallest absolute Gasteiger partial charge is 0.238 e. The first-order chi connectivity index (χ1) is 7.24. The third-order valence-corrected chi connectivity index (χ3v) is 2.34. The van der Waals surface area contributed by atoms with Gasteiger partial charge in [0.2, 0.25) is 5.88 Å². The highest BCUT2D eigenvalue weighted by molar-refractivity contribution is 5.65. The Balaban J connectivity index is 2.58. The van der Waals surface area contributed by atoms with E-state index in [-0.39, 0.29) is 0 Å². The fourth-order valence-corrected chi connectivity index (χ4v) is 1.63. The van der Waals surface area contributed by atoms with Gasteiger partial charge in [0.1, 0.15) is 0 Å². The highest BCUT2D eigenvalue weighted by atomic mass is 16.5. The standard InChI is InChI=1S/C11H13N3O/c1-8-10(9-6-4-3-5-7-9)14(12)13-11(8)15-2/h3-7H,12H2,1-2H3. The van der Waals surface area contributed by atoms with Crippen molar-refractivity contribution >= 4 is 0 Å². The summed E-state index contributed by atoms with van der Waals surface area (Å²) < 4.78 is 5.12. The Kier molecular flexibility index (Phi) is 2.33. The topological polar surface area (TPSA) is 53.1 Å². The van der Waals surface area contributed by atoms with Gasteiger partial charge in [-0.25, -0.2) is 0 Å². The normalized spacial score (nSPS) is 10.3. The van der Waals surface area contributed by atoms with E-state index in [2.05, 4.69) is 5.10 Å². The third kappa shape index (κ3) is 1.54. The Bertz CT molecular complexity index is 462. The zero-order chi connectivity index (χ0) is 10.8. The van der Waals surface area contributed by atoms with Gasteiger partial charge < -0.3 is 10.6 Å². The molecule has 78 valence electrons. The number of hydrogen-bond donors (Lipinski definition) is 1. The van der Waals surface area contributed by atoms with Gasteiger partial charge in [0.25, 0.3) is 0 Å². The summed E-state index contributed by atoms with van der Waals surface area (Å²) >= 11 is 0. The van der Waals surface area contributed by atoms with Gasteiger partial charge >= 0.3 is 0 Å². The lowest BCUT2D eigenvalue weighted by atomic mass is 10.1. The van der Waals surface area contributed by atoms with Gasteiger partial charge in [-0.2, -0.15) is 4.79 Å². The molecule has 0 spiro atoms. The number of hydrogen-bond acceptors (Lipinski definition) is 3. The van der Waals surface area contributed by atoms with Crippen LogP contribution in [0.3, 0.4) is 0 Å². The highest BCUT2D eigenvalue weighted by Crippen LogP contribution is 2.27. The molecule has 0 fully saturated rings. The first-order valence-corrected chi connectivity index (χ1v) is 4.68. The monoisotopic (exact) mass is 203 g/mol. The SMILES string of the molecule is COc1nn(N)c(-c2ccccc2)c1C. The zero-order valence-corrected chi connectivity index (χ0v) is 8.77. The number of aromatic nitrogens is 2. The summed E-state index contributed by atoms with van der Waals surface area (Å²) in [6.45, 7) is 1.94. The van der Waals surface area contributed by atoms with E-state index in [0.717, 1.165) is 16.8 Å². The molecule has 0 aliphatic carbocycles. The van der Waals surface area contributed by atoms with Crippen LogP contribution in [0.4, 0.5) is 0 Å². The minimum Gasteiger partial charge on any atom is -0.480 e. The molecule has 0 amide bonds. The fourth-order valence-electron chi connectivity index (χ4n) is 1.63. The van der Waals surface area contributed by atoms with Crippen LogP contribution in [0.25, 0.3) is 11.3 Å². The molecular weight excluding hydrogens is 190 g/mol. The number of methoxy groups -OCH3 is 1. The zero-order valence-electron chi connectivity index (χ0n) is 8.77. The lowest BCUT2D eigenvalue weighted by Gasteiger charge is -2.02. The van der Waals surface area contributed by atoms with Crippen molar-refractivity contribution < 1.29 is 4.74 Å². The number of nitrogens with zero attached hydrogens (tertiary/aromatic N) is 2. The van der Waals surface area contributed by atoms with Crippen LogP contribution >= 0.6 is 0 Å². The molecule has 1 aromatic carbocycles. The molecule has 4 nitrogen and oxygen atoms in total. The molecule has 15 heavy (non-hydrogen) atoms. The summed E-state index contributed by atoms with van der Waals surface area (Å²) in [5.74, 6) is 6.34. The van der Waals surface area contributed by atoms with E-state index in [4.69, 9.17) is 10.6 Å². The largest absolute Gasteiger partial charge is 0.480 e. The van der Waals surface area contributed by atoms with Crippen molar-refractivity contribution in [3.05, 3.63) is 35.9 Å². The van der Waals surface area contributed by atoms with Crippen LogP contribution in [-0.4, -0.2) is 17.0 Å². The molecular formula is C11H13N3O. The summed E-state index contributed by atoms with van der Waals surface area (Å²) in [4.78, 5) is 1.35. The predicted molar refractivity (Wildman–Crippen MR) is 59.1 cm³/mol. The molecule has 4 heteroatoms. The summed E-state index contributed by atoms with van der Waals surface area (Å²) in [5.41, 5.74) is 2.87. The molecule has 0 aliphatic rings. The quantitative estimate of drug-likeness (QED) is 0.754. The Morgan fingerprint density at radius 3 is 2.47 bits per heavy atom. The number of nitrogens with two attached hydrogens (primary N) is 1. The third-order valence-electron chi connectivity index (χ3n) is 2.34. The van der Waals surface area contributed by atoms with Crippen LogP contribution in [0, 0.1) is 6.92 Å². The predicted octanol–water partition coefficient (Wildman–Crippen LogP) is 1.58. The maximum absolute atomic E-state index is 5.78. The van der Waals surface area contributed by atoms with Crippen molar-refractivity contribution in [2.24, 2.45) is 0 Å². The van der Waals surface area contributed by atoms with Crippen LogP contribution in [0.2, 0.25) is 0 Å². The summed E-state index contributed by atoms with van der Waals surface area (Å²) in [6.07, 6.45) is 0. The van der Waals surface area contributed by atoms with E-state index in [9.17, 15) is 0 Å². The summed E-state index contributed by atoms with van der Waals surface area (Å²) in [7, 11) is 1.59. The maximum atomic E-state index is 5.78. The molecule has 0 bridgehead atoms. The molecule has 1 heterocycles. The van der Waals surface area contributed by atoms with Crippen molar-refractivity contribution in [3.8, 4) is 17.1 Å². The second-order valence-corrected chi connectivity index (χ2v) is 3.29. The van der Waals surface area contributed by atoms with E-state index < -0.39 is 0 Å². The number of ether oxygens (including phenoxy) is 1. The molecule has 0 saturated carbocycles. The van der Waals surface area contributed by atoms with Gasteiger partial charge in [0, 0.05) is 11.1 Å². The molecule has 0 unspecified atom stereocenters. The van der Waals surface area contributed by atoms with Gasteiger partial charge in [-0.3, -0.25) is 0 Å². The van der Waals surface area contributed by atoms with Crippen LogP contribution < -0.4 is 10.6 Å². The highest BCUT2D eigenvalue weighted by Gasteiger charge is 2.14. The van der Waals surface area contributed by atoms with Crippen molar-refractivity contribution in [1.29, 1.82) is 0 Å². The van der Waals surface area contributed by atoms with Crippen molar-refractivity contribution in [1.82, 2.24) is 9.89 Å². The fraction of sp³-hybridized carbons (Fsp3) is 0.182. The second kappa shape index (κ2) is 3.65. The van der Waals surface area contributed by atoms with Gasteiger partial charge in [-0.05, 0) is 6.92 Å². The van der Waals surface area contributed by atoms with E-state index >= 15 is 0 Å². The van der Waals surface area contributed by atoms with E-state index in [1.165, 1.54) is 4.79 Å². The van der Waals surface area contributed by atoms with E-state index in [1.807, 2.05) is 37.3 Å². The van der Waals surface area contributed by atoms with Gasteiger partial charge in [0.15, 0.2) is 0 Å². The Hall–Kier alpha value is -1.97. The van der Waals surface area contributed by atoms with E-state index in [0.29, 0.717) is 5.88 Å². The number of nitrogen functional groups attached to an aromatic ring is 1. The summed E-state index contributed by atoms with van der Waals surface area (Å²) in [6, 6.07) is 9.88. The van der Waals surface area contributed by atoms with Crippen LogP contribution in [0.5, 0.6) is 5.88 Å².